The van der Waals surface area contributed by atoms with Crippen LogP contribution in [0.4, 0.5) is 26.1 Å². The number of hydrogen-bond donors (Lipinski definition) is 3. The van der Waals surface area contributed by atoms with Gasteiger partial charge in [-0.25, -0.2) is 27.4 Å². The van der Waals surface area contributed by atoms with E-state index in [0.717, 1.165) is 18.7 Å². The van der Waals surface area contributed by atoms with Gasteiger partial charge in [-0.15, -0.1) is 0 Å². The molecule has 1 unspecified atom stereocenters. The zero-order valence-corrected chi connectivity index (χ0v) is 19.3. The van der Waals surface area contributed by atoms with Crippen molar-refractivity contribution in [3.05, 3.63) is 83.8 Å². The van der Waals surface area contributed by atoms with Crippen molar-refractivity contribution in [1.82, 2.24) is 10.1 Å². The van der Waals surface area contributed by atoms with Crippen LogP contribution < -0.4 is 15.6 Å². The van der Waals surface area contributed by atoms with Gasteiger partial charge in [-0.2, -0.15) is 0 Å². The van der Waals surface area contributed by atoms with Crippen LogP contribution in [-0.4, -0.2) is 22.1 Å². The fraction of sp³-hybridized carbons (Fsp3) is 0.136. The maximum atomic E-state index is 13.4. The third-order valence-electron chi connectivity index (χ3n) is 4.87. The third-order valence-corrected chi connectivity index (χ3v) is 5.78. The Kier molecular flexibility index (Phi) is 7.17. The maximum Gasteiger partial charge on any atom is 0.475 e. The molecule has 0 fully saturated rings. The molecule has 0 amide bonds. The Morgan fingerprint density at radius 1 is 1.20 bits per heavy atom. The van der Waals surface area contributed by atoms with E-state index in [4.69, 9.17) is 14.8 Å². The molecule has 35 heavy (non-hydrogen) atoms. The van der Waals surface area contributed by atoms with Crippen molar-refractivity contribution >= 4 is 25.1 Å². The number of hydrogen-bond acceptors (Lipinski definition) is 8. The lowest BCUT2D eigenvalue weighted by Gasteiger charge is -2.09. The third kappa shape index (κ3) is 6.25. The van der Waals surface area contributed by atoms with Gasteiger partial charge in [0.25, 0.3) is 5.82 Å². The Morgan fingerprint density at radius 2 is 1.97 bits per heavy atom. The van der Waals surface area contributed by atoms with Crippen molar-refractivity contribution in [3.8, 4) is 11.3 Å². The van der Waals surface area contributed by atoms with Crippen LogP contribution in [0.5, 0.6) is 0 Å². The van der Waals surface area contributed by atoms with Gasteiger partial charge in [-0.3, -0.25) is 10.3 Å². The van der Waals surface area contributed by atoms with Gasteiger partial charge in [0.1, 0.15) is 23.0 Å². The molecule has 10 nitrogen and oxygen atoms in total. The molecule has 4 aromatic rings. The van der Waals surface area contributed by atoms with E-state index in [1.807, 2.05) is 0 Å². The molecule has 0 saturated carbocycles. The van der Waals surface area contributed by atoms with Crippen LogP contribution in [0.2, 0.25) is 0 Å². The van der Waals surface area contributed by atoms with Gasteiger partial charge in [-0.05, 0) is 35.9 Å². The summed E-state index contributed by atoms with van der Waals surface area (Å²) >= 11 is 0. The first kappa shape index (κ1) is 24.4. The van der Waals surface area contributed by atoms with Crippen LogP contribution in [-0.2, 0) is 26.8 Å². The van der Waals surface area contributed by atoms with Gasteiger partial charge in [0.2, 0.25) is 6.73 Å². The Bertz CT molecular complexity index is 1360. The number of nitrogens with zero attached hydrogens (tertiary/aromatic N) is 3. The Morgan fingerprint density at radius 3 is 2.66 bits per heavy atom. The van der Waals surface area contributed by atoms with Crippen LogP contribution in [0, 0.1) is 11.6 Å². The molecular weight excluding hydrogens is 483 g/mol. The summed E-state index contributed by atoms with van der Waals surface area (Å²) in [6.07, 6.45) is 3.59. The number of aromatic nitrogens is 3. The fourth-order valence-electron chi connectivity index (χ4n) is 3.18. The van der Waals surface area contributed by atoms with Gasteiger partial charge in [0.15, 0.2) is 5.76 Å². The van der Waals surface area contributed by atoms with Crippen LogP contribution in [0.3, 0.4) is 0 Å². The van der Waals surface area contributed by atoms with Crippen molar-refractivity contribution in [2.75, 3.05) is 18.2 Å². The van der Waals surface area contributed by atoms with E-state index in [1.165, 1.54) is 16.7 Å². The minimum atomic E-state index is -4.16. The summed E-state index contributed by atoms with van der Waals surface area (Å²) in [6, 6.07) is 11.7. The molecule has 1 atom stereocenters. The first-order chi connectivity index (χ1) is 16.7. The zero-order valence-electron chi connectivity index (χ0n) is 18.4. The Labute approximate surface area is 198 Å². The molecule has 0 aliphatic heterocycles. The summed E-state index contributed by atoms with van der Waals surface area (Å²) in [5.74, 6) is -0.329. The molecule has 0 aliphatic rings. The number of nitrogen functional groups attached to an aromatic ring is 1. The number of phosphoric acid groups is 1. The first-order valence-electron chi connectivity index (χ1n) is 10.2. The number of nitrogens with one attached hydrogen (secondary N) is 1. The predicted molar refractivity (Wildman–Crippen MR) is 121 cm³/mol. The van der Waals surface area contributed by atoms with Gasteiger partial charge in [-0.1, -0.05) is 11.2 Å². The molecule has 0 radical (unpaired) electrons. The minimum Gasteiger partial charge on any atom is -0.356 e. The number of nitrogens with two attached hydrogens (primary N) is 1. The van der Waals surface area contributed by atoms with Gasteiger partial charge in [0.05, 0.1) is 11.9 Å². The SMILES string of the molecule is COP(=O)(O)OC[n+]1cccc(-c2cc(Cc3ccc(Nc4cc(F)cc(F)c4)nc3)no2)c1N. The normalized spacial score (nSPS) is 12.9. The number of benzene rings is 1. The van der Waals surface area contributed by atoms with Crippen LogP contribution in [0.25, 0.3) is 11.3 Å². The van der Waals surface area contributed by atoms with Crippen LogP contribution in [0.15, 0.2) is 65.4 Å². The second kappa shape index (κ2) is 10.3. The van der Waals surface area contributed by atoms with E-state index < -0.39 is 19.5 Å². The standard InChI is InChI=1S/C22H20F2N5O5P/c1-32-35(30,31)33-13-29-6-2-3-19(22(29)25)20-11-18(28-34-20)7-14-4-5-21(26-12-14)27-17-9-15(23)8-16(24)10-17/h2-6,8-12,25H,7,13H2,1H3,(H2,26,27,30,31)/p+1. The molecule has 4 rings (SSSR count). The minimum absolute atomic E-state index is 0.234. The highest BCUT2D eigenvalue weighted by Crippen LogP contribution is 2.41. The molecular formula is C22H21F2N5O5P+. The molecule has 13 heteroatoms. The molecule has 3 heterocycles. The number of pyridine rings is 2. The van der Waals surface area contributed by atoms with E-state index in [-0.39, 0.29) is 18.2 Å². The number of rotatable bonds is 9. The lowest BCUT2D eigenvalue weighted by atomic mass is 10.1. The molecule has 0 bridgehead atoms. The second-order valence-corrected chi connectivity index (χ2v) is 8.94. The Balaban J connectivity index is 1.44. The summed E-state index contributed by atoms with van der Waals surface area (Å²) in [7, 11) is -3.10. The molecule has 4 N–H and O–H groups in total. The Hall–Kier alpha value is -3.70. The summed E-state index contributed by atoms with van der Waals surface area (Å²) in [5, 5.41) is 6.91. The molecule has 0 aliphatic carbocycles. The molecule has 3 aromatic heterocycles. The number of phosphoric ester groups is 1. The van der Waals surface area contributed by atoms with E-state index in [9.17, 15) is 18.2 Å². The summed E-state index contributed by atoms with van der Waals surface area (Å²) in [6.45, 7) is -0.309. The summed E-state index contributed by atoms with van der Waals surface area (Å²) in [5.41, 5.74) is 8.36. The number of halogens is 2. The van der Waals surface area contributed by atoms with Crippen molar-refractivity contribution in [3.63, 3.8) is 0 Å². The van der Waals surface area contributed by atoms with E-state index in [2.05, 4.69) is 20.0 Å². The molecule has 0 saturated heterocycles. The fourth-order valence-corrected chi connectivity index (χ4v) is 3.56. The second-order valence-electron chi connectivity index (χ2n) is 7.38. The van der Waals surface area contributed by atoms with Crippen molar-refractivity contribution in [2.45, 2.75) is 13.2 Å². The predicted octanol–water partition coefficient (Wildman–Crippen LogP) is 3.94. The number of anilines is 3. The summed E-state index contributed by atoms with van der Waals surface area (Å²) < 4.78 is 54.3. The highest BCUT2D eigenvalue weighted by Gasteiger charge is 2.22. The van der Waals surface area contributed by atoms with E-state index >= 15 is 0 Å². The van der Waals surface area contributed by atoms with Gasteiger partial charge < -0.3 is 14.7 Å². The van der Waals surface area contributed by atoms with E-state index in [1.54, 1.807) is 42.7 Å². The molecule has 182 valence electrons. The van der Waals surface area contributed by atoms with Gasteiger partial charge in [0, 0.05) is 37.5 Å². The smallest absolute Gasteiger partial charge is 0.356 e. The molecule has 1 aromatic carbocycles. The zero-order chi connectivity index (χ0) is 25.0. The largest absolute Gasteiger partial charge is 0.475 e. The van der Waals surface area contributed by atoms with E-state index in [0.29, 0.717) is 29.3 Å². The van der Waals surface area contributed by atoms with Crippen molar-refractivity contribution in [1.29, 1.82) is 0 Å². The van der Waals surface area contributed by atoms with Gasteiger partial charge >= 0.3 is 7.82 Å². The topological polar surface area (TPSA) is 137 Å². The maximum absolute atomic E-state index is 13.4. The quantitative estimate of drug-likeness (QED) is 0.229. The van der Waals surface area contributed by atoms with Crippen molar-refractivity contribution < 1.29 is 36.4 Å². The lowest BCUT2D eigenvalue weighted by molar-refractivity contribution is -0.711. The molecule has 0 spiro atoms. The van der Waals surface area contributed by atoms with Crippen LogP contribution >= 0.6 is 7.82 Å². The average Bonchev–Trinajstić information content (AvgIpc) is 3.27. The van der Waals surface area contributed by atoms with Crippen molar-refractivity contribution in [2.24, 2.45) is 0 Å². The lowest BCUT2D eigenvalue weighted by Crippen LogP contribution is -2.38. The highest BCUT2D eigenvalue weighted by molar-refractivity contribution is 7.47. The highest BCUT2D eigenvalue weighted by atomic mass is 31.2. The van der Waals surface area contributed by atoms with Crippen LogP contribution in [0.1, 0.15) is 11.3 Å². The average molecular weight is 504 g/mol. The first-order valence-corrected chi connectivity index (χ1v) is 11.7. The monoisotopic (exact) mass is 504 g/mol. The summed E-state index contributed by atoms with van der Waals surface area (Å²) in [4.78, 5) is 13.7.